The topological polar surface area (TPSA) is 44.9 Å². The summed E-state index contributed by atoms with van der Waals surface area (Å²) in [5.41, 5.74) is 7.11. The summed E-state index contributed by atoms with van der Waals surface area (Å²) in [4.78, 5) is 4.40. The molecule has 5 nitrogen and oxygen atoms in total. The van der Waals surface area contributed by atoms with E-state index >= 15 is 0 Å². The van der Waals surface area contributed by atoms with Gasteiger partial charge in [-0.3, -0.25) is 4.68 Å². The zero-order valence-electron chi connectivity index (χ0n) is 16.8. The molecule has 0 aliphatic rings. The molecular weight excluding hydrogens is 360 g/mol. The van der Waals surface area contributed by atoms with E-state index in [0.29, 0.717) is 0 Å². The molecular formula is C21H29ClN4O. The van der Waals surface area contributed by atoms with Crippen LogP contribution in [-0.2, 0) is 19.5 Å². The summed E-state index contributed by atoms with van der Waals surface area (Å²) >= 11 is 0. The first-order valence-electron chi connectivity index (χ1n) is 9.23. The Morgan fingerprint density at radius 1 is 1.11 bits per heavy atom. The normalized spacial score (nSPS) is 10.7. The second kappa shape index (κ2) is 9.09. The molecule has 0 spiro atoms. The average molecular weight is 389 g/mol. The molecule has 3 aromatic rings. The van der Waals surface area contributed by atoms with Gasteiger partial charge in [0.2, 0.25) is 0 Å². The second-order valence-corrected chi connectivity index (χ2v) is 6.80. The third-order valence-electron chi connectivity index (χ3n) is 4.89. The molecule has 0 saturated heterocycles. The molecule has 2 heterocycles. The van der Waals surface area contributed by atoms with Crippen molar-refractivity contribution in [3.8, 4) is 17.0 Å². The van der Waals surface area contributed by atoms with Gasteiger partial charge in [0.15, 0.2) is 0 Å². The van der Waals surface area contributed by atoms with E-state index in [4.69, 9.17) is 9.84 Å². The van der Waals surface area contributed by atoms with Gasteiger partial charge in [-0.1, -0.05) is 19.1 Å². The minimum absolute atomic E-state index is 0. The maximum atomic E-state index is 5.35. The Kier molecular flexibility index (Phi) is 7.08. The fraction of sp³-hybridized carbons (Fsp3) is 0.429. The number of nitrogens with zero attached hydrogens (tertiary/aromatic N) is 4. The minimum Gasteiger partial charge on any atom is -0.496 e. The van der Waals surface area contributed by atoms with Crippen LogP contribution < -0.4 is 4.74 Å². The largest absolute Gasteiger partial charge is 0.496 e. The van der Waals surface area contributed by atoms with Crippen molar-refractivity contribution in [2.45, 2.75) is 53.6 Å². The fourth-order valence-electron chi connectivity index (χ4n) is 3.55. The summed E-state index contributed by atoms with van der Waals surface area (Å²) in [7, 11) is 1.71. The quantitative estimate of drug-likeness (QED) is 0.586. The highest BCUT2D eigenvalue weighted by atomic mass is 35.5. The molecule has 0 fully saturated rings. The SMILES string of the molecule is CCCn1nc(C)c(-c2cncn2CCc2ccc(OC)c(C)c2)c1C.Cl. The van der Waals surface area contributed by atoms with Gasteiger partial charge in [0.1, 0.15) is 5.75 Å². The highest BCUT2D eigenvalue weighted by Crippen LogP contribution is 2.27. The first-order chi connectivity index (χ1) is 12.5. The number of rotatable bonds is 7. The van der Waals surface area contributed by atoms with E-state index in [2.05, 4.69) is 54.1 Å². The minimum atomic E-state index is 0. The lowest BCUT2D eigenvalue weighted by atomic mass is 10.1. The zero-order valence-corrected chi connectivity index (χ0v) is 17.6. The molecule has 0 N–H and O–H groups in total. The molecule has 0 radical (unpaired) electrons. The number of ether oxygens (including phenoxy) is 1. The van der Waals surface area contributed by atoms with E-state index in [1.54, 1.807) is 7.11 Å². The monoisotopic (exact) mass is 388 g/mol. The Morgan fingerprint density at radius 2 is 1.89 bits per heavy atom. The highest BCUT2D eigenvalue weighted by molar-refractivity contribution is 5.85. The fourth-order valence-corrected chi connectivity index (χ4v) is 3.55. The predicted octanol–water partition coefficient (Wildman–Crippen LogP) is 4.75. The van der Waals surface area contributed by atoms with Crippen LogP contribution in [0.25, 0.3) is 11.3 Å². The summed E-state index contributed by atoms with van der Waals surface area (Å²) in [6, 6.07) is 6.38. The summed E-state index contributed by atoms with van der Waals surface area (Å²) < 4.78 is 9.69. The van der Waals surface area contributed by atoms with E-state index in [0.717, 1.165) is 43.1 Å². The number of aromatic nitrogens is 4. The third kappa shape index (κ3) is 4.35. The van der Waals surface area contributed by atoms with Crippen LogP contribution in [0.4, 0.5) is 0 Å². The molecule has 0 saturated carbocycles. The number of aryl methyl sites for hydroxylation is 5. The van der Waals surface area contributed by atoms with Crippen LogP contribution in [0.5, 0.6) is 5.75 Å². The molecule has 0 bridgehead atoms. The van der Waals surface area contributed by atoms with Crippen molar-refractivity contribution in [2.24, 2.45) is 0 Å². The van der Waals surface area contributed by atoms with Crippen molar-refractivity contribution >= 4 is 12.4 Å². The number of hydrogen-bond acceptors (Lipinski definition) is 3. The van der Waals surface area contributed by atoms with Crippen LogP contribution >= 0.6 is 12.4 Å². The van der Waals surface area contributed by atoms with E-state index in [1.807, 2.05) is 18.6 Å². The Morgan fingerprint density at radius 3 is 2.56 bits per heavy atom. The molecule has 0 aliphatic carbocycles. The number of halogens is 1. The van der Waals surface area contributed by atoms with Crippen molar-refractivity contribution in [3.63, 3.8) is 0 Å². The van der Waals surface area contributed by atoms with E-state index in [1.165, 1.54) is 22.4 Å². The lowest BCUT2D eigenvalue weighted by Gasteiger charge is -2.11. The number of hydrogen-bond donors (Lipinski definition) is 0. The van der Waals surface area contributed by atoms with Crippen LogP contribution in [0.3, 0.4) is 0 Å². The van der Waals surface area contributed by atoms with E-state index < -0.39 is 0 Å². The number of imidazole rings is 1. The van der Waals surface area contributed by atoms with Crippen molar-refractivity contribution in [1.29, 1.82) is 0 Å². The van der Waals surface area contributed by atoms with Gasteiger partial charge in [0.05, 0.1) is 31.0 Å². The van der Waals surface area contributed by atoms with Gasteiger partial charge in [-0.15, -0.1) is 12.4 Å². The van der Waals surface area contributed by atoms with Crippen molar-refractivity contribution in [1.82, 2.24) is 19.3 Å². The zero-order chi connectivity index (χ0) is 18.7. The van der Waals surface area contributed by atoms with Crippen molar-refractivity contribution in [2.75, 3.05) is 7.11 Å². The molecule has 2 aromatic heterocycles. The van der Waals surface area contributed by atoms with Crippen LogP contribution in [0.15, 0.2) is 30.7 Å². The summed E-state index contributed by atoms with van der Waals surface area (Å²) in [6.45, 7) is 10.3. The van der Waals surface area contributed by atoms with Crippen LogP contribution in [0.1, 0.15) is 35.9 Å². The smallest absolute Gasteiger partial charge is 0.121 e. The summed E-state index contributed by atoms with van der Waals surface area (Å²) in [5, 5.41) is 4.71. The summed E-state index contributed by atoms with van der Waals surface area (Å²) in [6.07, 6.45) is 5.90. The van der Waals surface area contributed by atoms with Crippen molar-refractivity contribution < 1.29 is 4.74 Å². The Labute approximate surface area is 167 Å². The Balaban J connectivity index is 0.00000261. The molecule has 6 heteroatoms. The molecule has 0 atom stereocenters. The summed E-state index contributed by atoms with van der Waals surface area (Å²) in [5.74, 6) is 0.937. The third-order valence-corrected chi connectivity index (χ3v) is 4.89. The van der Waals surface area contributed by atoms with Gasteiger partial charge in [0.25, 0.3) is 0 Å². The molecule has 3 rings (SSSR count). The maximum Gasteiger partial charge on any atom is 0.121 e. The molecule has 0 unspecified atom stereocenters. The average Bonchev–Trinajstić information content (AvgIpc) is 3.18. The molecule has 0 aliphatic heterocycles. The van der Waals surface area contributed by atoms with Crippen LogP contribution in [0, 0.1) is 20.8 Å². The standard InChI is InChI=1S/C21H28N4O.ClH/c1-6-10-25-17(4)21(16(3)23-25)19-13-22-14-24(19)11-9-18-7-8-20(26-5)15(2)12-18;/h7-8,12-14H,6,9-11H2,1-5H3;1H. The van der Waals surface area contributed by atoms with Gasteiger partial charge in [0, 0.05) is 24.3 Å². The lowest BCUT2D eigenvalue weighted by Crippen LogP contribution is -2.04. The lowest BCUT2D eigenvalue weighted by molar-refractivity contribution is 0.411. The van der Waals surface area contributed by atoms with E-state index in [-0.39, 0.29) is 12.4 Å². The molecule has 0 amide bonds. The van der Waals surface area contributed by atoms with Crippen molar-refractivity contribution in [3.05, 3.63) is 53.2 Å². The van der Waals surface area contributed by atoms with Crippen LogP contribution in [0.2, 0.25) is 0 Å². The number of methoxy groups -OCH3 is 1. The maximum absolute atomic E-state index is 5.35. The van der Waals surface area contributed by atoms with Gasteiger partial charge < -0.3 is 9.30 Å². The highest BCUT2D eigenvalue weighted by Gasteiger charge is 2.16. The molecule has 146 valence electrons. The van der Waals surface area contributed by atoms with Gasteiger partial charge in [-0.25, -0.2) is 4.98 Å². The van der Waals surface area contributed by atoms with Gasteiger partial charge >= 0.3 is 0 Å². The number of benzene rings is 1. The molecule has 27 heavy (non-hydrogen) atoms. The van der Waals surface area contributed by atoms with Gasteiger partial charge in [-0.05, 0) is 50.8 Å². The van der Waals surface area contributed by atoms with Crippen LogP contribution in [-0.4, -0.2) is 26.4 Å². The first-order valence-corrected chi connectivity index (χ1v) is 9.23. The van der Waals surface area contributed by atoms with E-state index in [9.17, 15) is 0 Å². The second-order valence-electron chi connectivity index (χ2n) is 6.80. The molecule has 1 aromatic carbocycles. The Hall–Kier alpha value is -2.27. The Bertz CT molecular complexity index is 898. The van der Waals surface area contributed by atoms with Gasteiger partial charge in [-0.2, -0.15) is 5.10 Å². The first kappa shape index (κ1) is 21.0. The predicted molar refractivity (Wildman–Crippen MR) is 112 cm³/mol.